The molecule has 0 aromatic rings. The summed E-state index contributed by atoms with van der Waals surface area (Å²) in [6, 6.07) is 0. The van der Waals surface area contributed by atoms with Crippen molar-refractivity contribution in [2.24, 2.45) is 22.7 Å². The van der Waals surface area contributed by atoms with E-state index in [2.05, 4.69) is 4.74 Å². The third-order valence-corrected chi connectivity index (χ3v) is 3.91. The lowest BCUT2D eigenvalue weighted by atomic mass is 9.65. The number of rotatable bonds is 4. The average Bonchev–Trinajstić information content (AvgIpc) is 2.60. The Balaban J connectivity index is 3.03. The summed E-state index contributed by atoms with van der Waals surface area (Å²) in [5.74, 6) is -4.09. The molecule has 23 heavy (non-hydrogen) atoms. The molecule has 0 radical (unpaired) electrons. The summed E-state index contributed by atoms with van der Waals surface area (Å²) in [6.07, 6.45) is 0. The highest BCUT2D eigenvalue weighted by Gasteiger charge is 2.56. The van der Waals surface area contributed by atoms with Crippen molar-refractivity contribution in [1.29, 1.82) is 0 Å². The summed E-state index contributed by atoms with van der Waals surface area (Å²) < 4.78 is 4.52. The van der Waals surface area contributed by atoms with Gasteiger partial charge in [-0.2, -0.15) is 0 Å². The molecule has 0 aromatic heterocycles. The Bertz CT molecular complexity index is 494. The van der Waals surface area contributed by atoms with Crippen LogP contribution in [0.4, 0.5) is 0 Å². The highest BCUT2D eigenvalue weighted by molar-refractivity contribution is 6.07. The van der Waals surface area contributed by atoms with Crippen molar-refractivity contribution in [2.45, 2.75) is 41.5 Å². The van der Waals surface area contributed by atoms with Crippen LogP contribution >= 0.6 is 0 Å². The number of likely N-dealkylation sites (tertiary alicyclic amines) is 1. The third kappa shape index (κ3) is 4.30. The lowest BCUT2D eigenvalue weighted by molar-refractivity contribution is -0.158. The number of imide groups is 1. The number of amides is 2. The largest absolute Gasteiger partial charge is 0.479 e. The Kier molecular flexibility index (Phi) is 5.23. The molecule has 1 saturated heterocycles. The first-order chi connectivity index (χ1) is 10.3. The molecule has 1 rings (SSSR count). The molecule has 1 aliphatic rings. The monoisotopic (exact) mass is 327 g/mol. The van der Waals surface area contributed by atoms with Crippen LogP contribution in [0, 0.1) is 22.7 Å². The van der Waals surface area contributed by atoms with Gasteiger partial charge in [0.25, 0.3) is 0 Å². The van der Waals surface area contributed by atoms with Gasteiger partial charge in [0.1, 0.15) is 6.54 Å². The Morgan fingerprint density at radius 2 is 1.39 bits per heavy atom. The summed E-state index contributed by atoms with van der Waals surface area (Å²) in [5.41, 5.74) is -0.880. The van der Waals surface area contributed by atoms with E-state index in [-0.39, 0.29) is 0 Å². The second kappa shape index (κ2) is 6.29. The fourth-order valence-corrected chi connectivity index (χ4v) is 2.94. The number of aliphatic carboxylic acids is 1. The third-order valence-electron chi connectivity index (χ3n) is 3.91. The van der Waals surface area contributed by atoms with Crippen molar-refractivity contribution in [3.63, 3.8) is 0 Å². The molecule has 1 fully saturated rings. The average molecular weight is 327 g/mol. The molecular formula is C16H25NO6. The number of carbonyl (C=O) groups is 4. The van der Waals surface area contributed by atoms with Crippen LogP contribution in [-0.2, 0) is 23.9 Å². The minimum absolute atomic E-state index is 0.408. The van der Waals surface area contributed by atoms with E-state index >= 15 is 0 Å². The van der Waals surface area contributed by atoms with E-state index in [0.717, 1.165) is 4.90 Å². The number of carboxylic acid groups (broad SMARTS) is 1. The van der Waals surface area contributed by atoms with Gasteiger partial charge in [0.15, 0.2) is 6.61 Å². The first-order valence-corrected chi connectivity index (χ1v) is 7.49. The number of nitrogens with zero attached hydrogens (tertiary/aromatic N) is 1. The molecule has 130 valence electrons. The SMILES string of the molecule is CC(C)(C)C1C(=O)N(CC(=O)OCC(=O)O)C(=O)C1C(C)(C)C. The maximum atomic E-state index is 12.7. The topological polar surface area (TPSA) is 101 Å². The number of hydrogen-bond donors (Lipinski definition) is 1. The van der Waals surface area contributed by atoms with E-state index < -0.39 is 59.6 Å². The summed E-state index contributed by atoms with van der Waals surface area (Å²) in [6.45, 7) is 9.95. The van der Waals surface area contributed by atoms with Gasteiger partial charge in [0.2, 0.25) is 11.8 Å². The minimum Gasteiger partial charge on any atom is -0.479 e. The molecule has 1 aliphatic heterocycles. The van der Waals surface area contributed by atoms with Gasteiger partial charge in [-0.1, -0.05) is 41.5 Å². The number of carboxylic acids is 1. The second-order valence-corrected chi connectivity index (χ2v) is 8.00. The first kappa shape index (κ1) is 19.1. The lowest BCUT2D eigenvalue weighted by Crippen LogP contribution is -2.38. The van der Waals surface area contributed by atoms with Gasteiger partial charge in [-0.05, 0) is 10.8 Å². The quantitative estimate of drug-likeness (QED) is 0.617. The Morgan fingerprint density at radius 1 is 1.00 bits per heavy atom. The highest BCUT2D eigenvalue weighted by atomic mass is 16.5. The molecule has 0 spiro atoms. The smallest absolute Gasteiger partial charge is 0.341 e. The minimum atomic E-state index is -1.29. The summed E-state index contributed by atoms with van der Waals surface area (Å²) >= 11 is 0. The van der Waals surface area contributed by atoms with Gasteiger partial charge in [0, 0.05) is 0 Å². The van der Waals surface area contributed by atoms with Crippen LogP contribution in [0.3, 0.4) is 0 Å². The maximum Gasteiger partial charge on any atom is 0.341 e. The predicted octanol–water partition coefficient (Wildman–Crippen LogP) is 1.31. The number of ether oxygens (including phenoxy) is 1. The highest BCUT2D eigenvalue weighted by Crippen LogP contribution is 2.47. The standard InChI is InChI=1S/C16H25NO6/c1-15(2,3)11-12(16(4,5)6)14(22)17(13(11)21)7-10(20)23-8-9(18)19/h11-12H,7-8H2,1-6H3,(H,18,19). The van der Waals surface area contributed by atoms with Crippen molar-refractivity contribution in [1.82, 2.24) is 4.90 Å². The van der Waals surface area contributed by atoms with Crippen molar-refractivity contribution < 1.29 is 29.0 Å². The zero-order chi connectivity index (χ0) is 18.2. The number of carbonyl (C=O) groups excluding carboxylic acids is 3. The van der Waals surface area contributed by atoms with E-state index in [0.29, 0.717) is 0 Å². The van der Waals surface area contributed by atoms with Crippen LogP contribution < -0.4 is 0 Å². The normalized spacial score (nSPS) is 22.4. The van der Waals surface area contributed by atoms with Crippen molar-refractivity contribution in [2.75, 3.05) is 13.2 Å². The molecule has 7 nitrogen and oxygen atoms in total. The fraction of sp³-hybridized carbons (Fsp3) is 0.750. The molecule has 2 atom stereocenters. The predicted molar refractivity (Wildman–Crippen MR) is 81.2 cm³/mol. The Hall–Kier alpha value is -1.92. The van der Waals surface area contributed by atoms with Gasteiger partial charge in [0.05, 0.1) is 11.8 Å². The lowest BCUT2D eigenvalue weighted by Gasteiger charge is -2.35. The van der Waals surface area contributed by atoms with Gasteiger partial charge in [-0.15, -0.1) is 0 Å². The molecule has 0 aliphatic carbocycles. The summed E-state index contributed by atoms with van der Waals surface area (Å²) in [4.78, 5) is 48.3. The number of hydrogen-bond acceptors (Lipinski definition) is 5. The van der Waals surface area contributed by atoms with Crippen LogP contribution in [0.25, 0.3) is 0 Å². The molecule has 0 bridgehead atoms. The molecule has 1 N–H and O–H groups in total. The molecule has 2 unspecified atom stereocenters. The second-order valence-electron chi connectivity index (χ2n) is 8.00. The fourth-order valence-electron chi connectivity index (χ4n) is 2.94. The number of esters is 1. The van der Waals surface area contributed by atoms with Crippen molar-refractivity contribution >= 4 is 23.8 Å². The van der Waals surface area contributed by atoms with Gasteiger partial charge in [-0.3, -0.25) is 19.3 Å². The van der Waals surface area contributed by atoms with Crippen molar-refractivity contribution in [3.05, 3.63) is 0 Å². The van der Waals surface area contributed by atoms with E-state index in [4.69, 9.17) is 5.11 Å². The van der Waals surface area contributed by atoms with E-state index in [1.54, 1.807) is 0 Å². The zero-order valence-corrected chi connectivity index (χ0v) is 14.5. The van der Waals surface area contributed by atoms with Gasteiger partial charge < -0.3 is 9.84 Å². The molecule has 0 saturated carbocycles. The van der Waals surface area contributed by atoms with Crippen molar-refractivity contribution in [3.8, 4) is 0 Å². The van der Waals surface area contributed by atoms with Gasteiger partial charge in [-0.25, -0.2) is 4.79 Å². The Labute approximate surface area is 136 Å². The summed E-state index contributed by atoms with van der Waals surface area (Å²) in [7, 11) is 0. The van der Waals surface area contributed by atoms with Crippen LogP contribution in [-0.4, -0.2) is 46.9 Å². The molecular weight excluding hydrogens is 302 g/mol. The molecule has 1 heterocycles. The van der Waals surface area contributed by atoms with E-state index in [1.165, 1.54) is 0 Å². The van der Waals surface area contributed by atoms with E-state index in [1.807, 2.05) is 41.5 Å². The zero-order valence-electron chi connectivity index (χ0n) is 14.5. The first-order valence-electron chi connectivity index (χ1n) is 7.49. The van der Waals surface area contributed by atoms with Gasteiger partial charge >= 0.3 is 11.9 Å². The van der Waals surface area contributed by atoms with Crippen LogP contribution in [0.15, 0.2) is 0 Å². The Morgan fingerprint density at radius 3 is 1.70 bits per heavy atom. The summed E-state index contributed by atoms with van der Waals surface area (Å²) in [5, 5.41) is 8.50. The van der Waals surface area contributed by atoms with Crippen LogP contribution in [0.1, 0.15) is 41.5 Å². The van der Waals surface area contributed by atoms with E-state index in [9.17, 15) is 19.2 Å². The van der Waals surface area contributed by atoms with Crippen LogP contribution in [0.2, 0.25) is 0 Å². The van der Waals surface area contributed by atoms with Crippen LogP contribution in [0.5, 0.6) is 0 Å². The molecule has 2 amide bonds. The molecule has 0 aromatic carbocycles. The molecule has 7 heteroatoms. The maximum absolute atomic E-state index is 12.7.